The summed E-state index contributed by atoms with van der Waals surface area (Å²) in [5.74, 6) is -0.916. The van der Waals surface area contributed by atoms with E-state index < -0.39 is 18.2 Å². The van der Waals surface area contributed by atoms with Crippen molar-refractivity contribution in [2.24, 2.45) is 0 Å². The highest BCUT2D eigenvalue weighted by Gasteiger charge is 2.53. The fraction of sp³-hybridized carbons (Fsp3) is 0.231. The molecule has 3 rings (SSSR count). The van der Waals surface area contributed by atoms with Gasteiger partial charge in [-0.1, -0.05) is 30.3 Å². The van der Waals surface area contributed by atoms with Crippen LogP contribution in [0.2, 0.25) is 0 Å². The fourth-order valence-electron chi connectivity index (χ4n) is 2.24. The molecule has 2 unspecified atom stereocenters. The van der Waals surface area contributed by atoms with Gasteiger partial charge in [-0.2, -0.15) is 0 Å². The number of nitrogens with zero attached hydrogens (tertiary/aromatic N) is 1. The maximum Gasteiger partial charge on any atom is 0.334 e. The first-order chi connectivity index (χ1) is 8.66. The third-order valence-corrected chi connectivity index (χ3v) is 3.11. The number of aliphatic carboxylic acids is 1. The highest BCUT2D eigenvalue weighted by molar-refractivity contribution is 5.92. The van der Waals surface area contributed by atoms with Gasteiger partial charge in [0.1, 0.15) is 5.76 Å². The molecule has 2 aliphatic rings. The second kappa shape index (κ2) is 3.87. The largest absolute Gasteiger partial charge is 0.479 e. The van der Waals surface area contributed by atoms with Crippen molar-refractivity contribution < 1.29 is 19.4 Å². The van der Waals surface area contributed by atoms with Crippen LogP contribution < -0.4 is 0 Å². The molecule has 5 nitrogen and oxygen atoms in total. The minimum atomic E-state index is -1.06. The lowest BCUT2D eigenvalue weighted by molar-refractivity contribution is -0.163. The number of benzene rings is 1. The normalized spacial score (nSPS) is 27.7. The second-order valence-corrected chi connectivity index (χ2v) is 4.28. The third-order valence-electron chi connectivity index (χ3n) is 3.11. The Morgan fingerprint density at radius 2 is 2.11 bits per heavy atom. The molecule has 2 saturated heterocycles. The van der Waals surface area contributed by atoms with Gasteiger partial charge in [0, 0.05) is 0 Å². The van der Waals surface area contributed by atoms with E-state index in [0.717, 1.165) is 5.56 Å². The number of fused-ring (bicyclic) bond motifs is 1. The molecule has 2 aliphatic heterocycles. The lowest BCUT2D eigenvalue weighted by atomic mass is 10.1. The van der Waals surface area contributed by atoms with Gasteiger partial charge in [0.2, 0.25) is 5.91 Å². The molecular weight excluding hydrogens is 234 g/mol. The van der Waals surface area contributed by atoms with Crippen molar-refractivity contribution in [3.63, 3.8) is 0 Å². The monoisotopic (exact) mass is 245 g/mol. The highest BCUT2D eigenvalue weighted by atomic mass is 16.5. The summed E-state index contributed by atoms with van der Waals surface area (Å²) in [7, 11) is 0. The first-order valence-corrected chi connectivity index (χ1v) is 5.64. The third kappa shape index (κ3) is 1.55. The Balaban J connectivity index is 1.94. The summed E-state index contributed by atoms with van der Waals surface area (Å²) >= 11 is 0. The molecule has 5 heteroatoms. The average Bonchev–Trinajstić information content (AvgIpc) is 2.63. The lowest BCUT2D eigenvalue weighted by Crippen LogP contribution is -2.54. The van der Waals surface area contributed by atoms with Gasteiger partial charge in [-0.25, -0.2) is 4.79 Å². The molecule has 1 N–H and O–H groups in total. The van der Waals surface area contributed by atoms with E-state index in [1.54, 1.807) is 6.08 Å². The van der Waals surface area contributed by atoms with Crippen molar-refractivity contribution in [2.45, 2.75) is 18.7 Å². The molecule has 92 valence electrons. The molecule has 0 spiro atoms. The molecule has 18 heavy (non-hydrogen) atoms. The van der Waals surface area contributed by atoms with Gasteiger partial charge in [0.05, 0.1) is 6.42 Å². The van der Waals surface area contributed by atoms with Crippen LogP contribution in [-0.4, -0.2) is 34.2 Å². The summed E-state index contributed by atoms with van der Waals surface area (Å²) < 4.78 is 5.49. The molecule has 2 heterocycles. The average molecular weight is 245 g/mol. The standard InChI is InChI=1S/C13H11NO4/c15-10-7-11-14(10)12(13(16)17)9(18-11)6-8-4-2-1-3-5-8/h1-6,11-12H,7H2,(H,16,17)/b9-6-. The molecule has 0 radical (unpaired) electrons. The molecule has 0 aliphatic carbocycles. The molecule has 2 fully saturated rings. The van der Waals surface area contributed by atoms with Crippen LogP contribution >= 0.6 is 0 Å². The summed E-state index contributed by atoms with van der Waals surface area (Å²) in [5, 5.41) is 9.19. The van der Waals surface area contributed by atoms with Gasteiger partial charge in [-0.15, -0.1) is 0 Å². The first-order valence-electron chi connectivity index (χ1n) is 5.64. The van der Waals surface area contributed by atoms with Crippen LogP contribution in [0.5, 0.6) is 0 Å². The molecule has 0 aromatic heterocycles. The van der Waals surface area contributed by atoms with Crippen molar-refractivity contribution >= 4 is 18.0 Å². The van der Waals surface area contributed by atoms with Crippen molar-refractivity contribution in [3.05, 3.63) is 41.7 Å². The van der Waals surface area contributed by atoms with Gasteiger partial charge in [-0.3, -0.25) is 9.69 Å². The molecule has 0 saturated carbocycles. The van der Waals surface area contributed by atoms with Crippen LogP contribution in [0.1, 0.15) is 12.0 Å². The van der Waals surface area contributed by atoms with Crippen molar-refractivity contribution in [3.8, 4) is 0 Å². The maximum atomic E-state index is 11.4. The number of hydrogen-bond acceptors (Lipinski definition) is 3. The number of hydrogen-bond donors (Lipinski definition) is 1. The van der Waals surface area contributed by atoms with Gasteiger partial charge in [0.25, 0.3) is 0 Å². The van der Waals surface area contributed by atoms with Crippen LogP contribution in [0.4, 0.5) is 0 Å². The number of carboxylic acid groups (broad SMARTS) is 1. The van der Waals surface area contributed by atoms with E-state index in [2.05, 4.69) is 0 Å². The predicted molar refractivity (Wildman–Crippen MR) is 62.2 cm³/mol. The van der Waals surface area contributed by atoms with Gasteiger partial charge in [-0.05, 0) is 11.6 Å². The quantitative estimate of drug-likeness (QED) is 0.791. The van der Waals surface area contributed by atoms with E-state index in [0.29, 0.717) is 5.76 Å². The van der Waals surface area contributed by atoms with E-state index >= 15 is 0 Å². The number of rotatable bonds is 2. The summed E-state index contributed by atoms with van der Waals surface area (Å²) in [6.45, 7) is 0. The minimum absolute atomic E-state index is 0.177. The number of ether oxygens (including phenoxy) is 1. The van der Waals surface area contributed by atoms with Gasteiger partial charge < -0.3 is 9.84 Å². The number of β-lactam (4-membered cyclic amide) rings is 1. The summed E-state index contributed by atoms with van der Waals surface area (Å²) in [4.78, 5) is 23.9. The zero-order valence-corrected chi connectivity index (χ0v) is 9.45. The van der Waals surface area contributed by atoms with Crippen LogP contribution in [-0.2, 0) is 14.3 Å². The number of carbonyl (C=O) groups excluding carboxylic acids is 1. The Labute approximate surface area is 103 Å². The smallest absolute Gasteiger partial charge is 0.334 e. The Kier molecular flexibility index (Phi) is 2.33. The zero-order chi connectivity index (χ0) is 12.7. The van der Waals surface area contributed by atoms with Crippen LogP contribution in [0, 0.1) is 0 Å². The number of carboxylic acids is 1. The Morgan fingerprint density at radius 3 is 2.72 bits per heavy atom. The number of amides is 1. The SMILES string of the molecule is O=C(O)C1/C(=C/c2ccccc2)OC2CC(=O)N21. The predicted octanol–water partition coefficient (Wildman–Crippen LogP) is 1.07. The Hall–Kier alpha value is -2.30. The summed E-state index contributed by atoms with van der Waals surface area (Å²) in [5.41, 5.74) is 0.855. The fourth-order valence-corrected chi connectivity index (χ4v) is 2.24. The molecule has 1 aromatic carbocycles. The van der Waals surface area contributed by atoms with Crippen LogP contribution in [0.25, 0.3) is 6.08 Å². The first kappa shape index (κ1) is 10.8. The van der Waals surface area contributed by atoms with Crippen molar-refractivity contribution in [1.29, 1.82) is 0 Å². The summed E-state index contributed by atoms with van der Waals surface area (Å²) in [6, 6.07) is 8.31. The second-order valence-electron chi connectivity index (χ2n) is 4.28. The molecule has 1 amide bonds. The number of carbonyl (C=O) groups is 2. The van der Waals surface area contributed by atoms with Crippen LogP contribution in [0.3, 0.4) is 0 Å². The topological polar surface area (TPSA) is 66.8 Å². The minimum Gasteiger partial charge on any atom is -0.479 e. The lowest BCUT2D eigenvalue weighted by Gasteiger charge is -2.33. The van der Waals surface area contributed by atoms with E-state index in [-0.39, 0.29) is 12.3 Å². The Morgan fingerprint density at radius 1 is 1.39 bits per heavy atom. The van der Waals surface area contributed by atoms with Crippen molar-refractivity contribution in [1.82, 2.24) is 4.90 Å². The van der Waals surface area contributed by atoms with Crippen molar-refractivity contribution in [2.75, 3.05) is 0 Å². The molecule has 0 bridgehead atoms. The maximum absolute atomic E-state index is 11.4. The molecule has 1 aromatic rings. The van der Waals surface area contributed by atoms with E-state index in [1.165, 1.54) is 4.90 Å². The van der Waals surface area contributed by atoms with E-state index in [9.17, 15) is 14.7 Å². The Bertz CT molecular complexity index is 537. The van der Waals surface area contributed by atoms with Gasteiger partial charge >= 0.3 is 5.97 Å². The molecule has 2 atom stereocenters. The van der Waals surface area contributed by atoms with E-state index in [4.69, 9.17) is 4.74 Å². The highest BCUT2D eigenvalue weighted by Crippen LogP contribution is 2.37. The van der Waals surface area contributed by atoms with Gasteiger partial charge in [0.15, 0.2) is 12.3 Å². The summed E-state index contributed by atoms with van der Waals surface area (Å²) in [6.07, 6.45) is 1.52. The van der Waals surface area contributed by atoms with Crippen LogP contribution in [0.15, 0.2) is 36.1 Å². The molecular formula is C13H11NO4. The zero-order valence-electron chi connectivity index (χ0n) is 9.45. The van der Waals surface area contributed by atoms with E-state index in [1.807, 2.05) is 30.3 Å².